The molecule has 1 aliphatic heterocycles. The average molecular weight is 508 g/mol. The van der Waals surface area contributed by atoms with Crippen molar-refractivity contribution in [3.8, 4) is 5.75 Å². The molecule has 0 aromatic heterocycles. The number of hydrazine groups is 1. The normalized spacial score (nSPS) is 15.0. The van der Waals surface area contributed by atoms with Gasteiger partial charge in [0.05, 0.1) is 23.9 Å². The van der Waals surface area contributed by atoms with Crippen LogP contribution in [-0.2, 0) is 4.79 Å². The van der Waals surface area contributed by atoms with Crippen LogP contribution in [0.25, 0.3) is 0 Å². The lowest BCUT2D eigenvalue weighted by molar-refractivity contribution is -0.118. The summed E-state index contributed by atoms with van der Waals surface area (Å²) in [4.78, 5) is 13.0. The molecule has 34 heavy (non-hydrogen) atoms. The Labute approximate surface area is 213 Å². The molecule has 3 rings (SSSR count). The van der Waals surface area contributed by atoms with Crippen molar-refractivity contribution in [2.45, 2.75) is 58.9 Å². The smallest absolute Gasteiger partial charge is 0.281 e. The minimum Gasteiger partial charge on any atom is -0.497 e. The SMILES string of the molecule is CC.CCCCCCN(C)NC(=O)C1=NN(c2ccc(Cl)cc2Cl)C(c2ccc(OC)cc2)C1. The number of amides is 1. The van der Waals surface area contributed by atoms with Crippen molar-refractivity contribution in [3.05, 3.63) is 58.1 Å². The minimum atomic E-state index is -0.200. The molecule has 186 valence electrons. The van der Waals surface area contributed by atoms with Gasteiger partial charge in [-0.1, -0.05) is 75.4 Å². The van der Waals surface area contributed by atoms with Crippen molar-refractivity contribution in [3.63, 3.8) is 0 Å². The summed E-state index contributed by atoms with van der Waals surface area (Å²) in [6.45, 7) is 6.98. The zero-order valence-electron chi connectivity index (χ0n) is 20.8. The highest BCUT2D eigenvalue weighted by atomic mass is 35.5. The molecule has 8 heteroatoms. The first-order valence-corrected chi connectivity index (χ1v) is 12.7. The Morgan fingerprint density at radius 3 is 2.47 bits per heavy atom. The standard InChI is InChI=1S/C24H30Cl2N4O2.C2H6/c1-4-5-6-7-14-29(2)28-24(31)21-16-23(17-8-11-19(32-3)12-9-17)30(27-21)22-13-10-18(25)15-20(22)26;1-2/h8-13,15,23H,4-7,14,16H2,1-3H3,(H,28,31);1-2H3. The van der Waals surface area contributed by atoms with Crippen LogP contribution in [0.4, 0.5) is 5.69 Å². The summed E-state index contributed by atoms with van der Waals surface area (Å²) in [6.07, 6.45) is 5.04. The van der Waals surface area contributed by atoms with E-state index in [0.29, 0.717) is 27.9 Å². The molecular weight excluding hydrogens is 471 g/mol. The van der Waals surface area contributed by atoms with Gasteiger partial charge in [0.2, 0.25) is 0 Å². The fraction of sp³-hybridized carbons (Fsp3) is 0.462. The van der Waals surface area contributed by atoms with Gasteiger partial charge in [-0.2, -0.15) is 5.10 Å². The van der Waals surface area contributed by atoms with E-state index < -0.39 is 0 Å². The summed E-state index contributed by atoms with van der Waals surface area (Å²) in [5, 5.41) is 9.33. The van der Waals surface area contributed by atoms with Gasteiger partial charge < -0.3 is 4.74 Å². The molecule has 1 atom stereocenters. The highest BCUT2D eigenvalue weighted by Gasteiger charge is 2.33. The molecule has 1 amide bonds. The third kappa shape index (κ3) is 7.62. The van der Waals surface area contributed by atoms with Crippen LogP contribution in [0.5, 0.6) is 5.75 Å². The van der Waals surface area contributed by atoms with Gasteiger partial charge in [-0.3, -0.25) is 15.2 Å². The number of nitrogens with one attached hydrogen (secondary N) is 1. The van der Waals surface area contributed by atoms with Crippen molar-refractivity contribution >= 4 is 40.5 Å². The maximum absolute atomic E-state index is 13.0. The summed E-state index contributed by atoms with van der Waals surface area (Å²) in [5.74, 6) is 0.570. The topological polar surface area (TPSA) is 57.2 Å². The van der Waals surface area contributed by atoms with Crippen molar-refractivity contribution in [1.82, 2.24) is 10.4 Å². The van der Waals surface area contributed by atoms with E-state index in [-0.39, 0.29) is 11.9 Å². The Balaban J connectivity index is 0.00000199. The number of ether oxygens (including phenoxy) is 1. The van der Waals surface area contributed by atoms with E-state index in [4.69, 9.17) is 27.9 Å². The first kappa shape index (κ1) is 28.0. The van der Waals surface area contributed by atoms with E-state index in [1.54, 1.807) is 24.3 Å². The zero-order chi connectivity index (χ0) is 25.1. The number of nitrogens with zero attached hydrogens (tertiary/aromatic N) is 3. The number of unbranched alkanes of at least 4 members (excludes halogenated alkanes) is 3. The molecule has 6 nitrogen and oxygen atoms in total. The predicted molar refractivity (Wildman–Crippen MR) is 143 cm³/mol. The van der Waals surface area contributed by atoms with E-state index in [1.807, 2.05) is 56.2 Å². The molecule has 1 unspecified atom stereocenters. The molecule has 1 N–H and O–H groups in total. The van der Waals surface area contributed by atoms with Gasteiger partial charge in [0.15, 0.2) is 0 Å². The second kappa shape index (κ2) is 14.2. The summed E-state index contributed by atoms with van der Waals surface area (Å²) in [5.41, 5.74) is 5.12. The lowest BCUT2D eigenvalue weighted by Crippen LogP contribution is -2.43. The van der Waals surface area contributed by atoms with Crippen LogP contribution < -0.4 is 15.2 Å². The number of carbonyl (C=O) groups is 1. The Morgan fingerprint density at radius 1 is 1.15 bits per heavy atom. The van der Waals surface area contributed by atoms with Gasteiger partial charge in [-0.15, -0.1) is 0 Å². The van der Waals surface area contributed by atoms with E-state index in [1.165, 1.54) is 12.8 Å². The number of rotatable bonds is 10. The van der Waals surface area contributed by atoms with Crippen molar-refractivity contribution in [1.29, 1.82) is 0 Å². The highest BCUT2D eigenvalue weighted by molar-refractivity contribution is 6.40. The van der Waals surface area contributed by atoms with Crippen molar-refractivity contribution in [2.24, 2.45) is 5.10 Å². The second-order valence-electron chi connectivity index (χ2n) is 7.90. The maximum Gasteiger partial charge on any atom is 0.281 e. The van der Waals surface area contributed by atoms with E-state index in [2.05, 4.69) is 17.5 Å². The number of hydrogen-bond acceptors (Lipinski definition) is 5. The van der Waals surface area contributed by atoms with Gasteiger partial charge in [0, 0.05) is 25.0 Å². The maximum atomic E-state index is 13.0. The molecule has 0 spiro atoms. The van der Waals surface area contributed by atoms with E-state index in [9.17, 15) is 4.79 Å². The average Bonchev–Trinajstić information content (AvgIpc) is 3.28. The van der Waals surface area contributed by atoms with Crippen LogP contribution in [0.15, 0.2) is 47.6 Å². The lowest BCUT2D eigenvalue weighted by atomic mass is 10.0. The second-order valence-corrected chi connectivity index (χ2v) is 8.75. The largest absolute Gasteiger partial charge is 0.497 e. The van der Waals surface area contributed by atoms with Crippen LogP contribution in [-0.4, -0.2) is 37.3 Å². The number of hydrazone groups is 1. The van der Waals surface area contributed by atoms with Gasteiger partial charge in [-0.05, 0) is 42.3 Å². The molecule has 1 aliphatic rings. The van der Waals surface area contributed by atoms with Gasteiger partial charge in [-0.25, -0.2) is 5.01 Å². The quantitative estimate of drug-likeness (QED) is 0.281. The number of halogens is 2. The van der Waals surface area contributed by atoms with Gasteiger partial charge in [0.1, 0.15) is 11.5 Å². The molecule has 2 aromatic rings. The number of methoxy groups -OCH3 is 1. The van der Waals surface area contributed by atoms with Crippen LogP contribution >= 0.6 is 23.2 Å². The third-order valence-electron chi connectivity index (χ3n) is 5.47. The summed E-state index contributed by atoms with van der Waals surface area (Å²) >= 11 is 12.6. The van der Waals surface area contributed by atoms with Crippen molar-refractivity contribution < 1.29 is 9.53 Å². The summed E-state index contributed by atoms with van der Waals surface area (Å²) < 4.78 is 5.28. The third-order valence-corrected chi connectivity index (χ3v) is 6.01. The summed E-state index contributed by atoms with van der Waals surface area (Å²) in [6, 6.07) is 12.9. The molecule has 0 aliphatic carbocycles. The molecule has 0 saturated carbocycles. The van der Waals surface area contributed by atoms with Crippen LogP contribution in [0.3, 0.4) is 0 Å². The minimum absolute atomic E-state index is 0.171. The van der Waals surface area contributed by atoms with Crippen LogP contribution in [0, 0.1) is 0 Å². The summed E-state index contributed by atoms with van der Waals surface area (Å²) in [7, 11) is 3.52. The van der Waals surface area contributed by atoms with E-state index in [0.717, 1.165) is 30.7 Å². The molecule has 0 fully saturated rings. The number of benzene rings is 2. The Morgan fingerprint density at radius 2 is 1.85 bits per heavy atom. The first-order valence-electron chi connectivity index (χ1n) is 11.9. The van der Waals surface area contributed by atoms with Gasteiger partial charge in [0.25, 0.3) is 5.91 Å². The Hall–Kier alpha value is -2.28. The molecular formula is C26H36Cl2N4O2. The number of hydrogen-bond donors (Lipinski definition) is 1. The fourth-order valence-corrected chi connectivity index (χ4v) is 4.19. The lowest BCUT2D eigenvalue weighted by Gasteiger charge is -2.25. The number of carbonyl (C=O) groups excluding carboxylic acids is 1. The van der Waals surface area contributed by atoms with Crippen LogP contribution in [0.1, 0.15) is 64.5 Å². The molecule has 2 aromatic carbocycles. The first-order chi connectivity index (χ1) is 16.4. The monoisotopic (exact) mass is 506 g/mol. The number of anilines is 1. The molecule has 0 saturated heterocycles. The Kier molecular flexibility index (Phi) is 11.7. The molecule has 0 bridgehead atoms. The van der Waals surface area contributed by atoms with Crippen molar-refractivity contribution in [2.75, 3.05) is 25.7 Å². The molecule has 1 heterocycles. The Bertz CT molecular complexity index is 950. The van der Waals surface area contributed by atoms with E-state index >= 15 is 0 Å². The highest BCUT2D eigenvalue weighted by Crippen LogP contribution is 2.40. The molecule has 0 radical (unpaired) electrons. The zero-order valence-corrected chi connectivity index (χ0v) is 22.3. The predicted octanol–water partition coefficient (Wildman–Crippen LogP) is 6.88. The van der Waals surface area contributed by atoms with Gasteiger partial charge >= 0.3 is 0 Å². The van der Waals surface area contributed by atoms with Crippen LogP contribution in [0.2, 0.25) is 10.0 Å². The fourth-order valence-electron chi connectivity index (χ4n) is 3.69.